The number of benzene rings is 1. The molecule has 0 saturated heterocycles. The lowest BCUT2D eigenvalue weighted by atomic mass is 10.1. The summed E-state index contributed by atoms with van der Waals surface area (Å²) in [5, 5.41) is 5.47. The van der Waals surface area contributed by atoms with Crippen molar-refractivity contribution in [3.05, 3.63) is 29.8 Å². The van der Waals surface area contributed by atoms with E-state index in [1.54, 1.807) is 0 Å². The van der Waals surface area contributed by atoms with Crippen LogP contribution >= 0.6 is 0 Å². The standard InChI is InChI=1S/C16H24N2O2/c1-4-13-7-5-6-8-14(13)18-16(20)11-17-15(19)10-9-12(2)3/h5-8,12H,4,9-11H2,1-3H3,(H,17,19)(H,18,20). The Labute approximate surface area is 121 Å². The second-order valence-electron chi connectivity index (χ2n) is 5.27. The Morgan fingerprint density at radius 3 is 2.50 bits per heavy atom. The molecule has 0 aliphatic rings. The number of carbonyl (C=O) groups is 2. The number of hydrogen-bond acceptors (Lipinski definition) is 2. The molecule has 0 heterocycles. The monoisotopic (exact) mass is 276 g/mol. The highest BCUT2D eigenvalue weighted by molar-refractivity contribution is 5.95. The van der Waals surface area contributed by atoms with Crippen molar-refractivity contribution in [1.29, 1.82) is 0 Å². The highest BCUT2D eigenvalue weighted by Gasteiger charge is 2.08. The molecular formula is C16H24N2O2. The van der Waals surface area contributed by atoms with Crippen molar-refractivity contribution in [1.82, 2.24) is 5.32 Å². The van der Waals surface area contributed by atoms with Gasteiger partial charge in [0.1, 0.15) is 0 Å². The van der Waals surface area contributed by atoms with Crippen LogP contribution in [0.5, 0.6) is 0 Å². The molecule has 0 aromatic heterocycles. The minimum Gasteiger partial charge on any atom is -0.347 e. The summed E-state index contributed by atoms with van der Waals surface area (Å²) in [6, 6.07) is 7.69. The maximum Gasteiger partial charge on any atom is 0.243 e. The van der Waals surface area contributed by atoms with Crippen LogP contribution in [-0.2, 0) is 16.0 Å². The Hall–Kier alpha value is -1.84. The first-order valence-corrected chi connectivity index (χ1v) is 7.17. The van der Waals surface area contributed by atoms with Crippen LogP contribution < -0.4 is 10.6 Å². The first-order chi connectivity index (χ1) is 9.52. The van der Waals surface area contributed by atoms with Gasteiger partial charge < -0.3 is 10.6 Å². The number of amides is 2. The summed E-state index contributed by atoms with van der Waals surface area (Å²) < 4.78 is 0. The van der Waals surface area contributed by atoms with E-state index >= 15 is 0 Å². The Balaban J connectivity index is 2.38. The van der Waals surface area contributed by atoms with Crippen LogP contribution in [0.2, 0.25) is 0 Å². The molecule has 1 aromatic carbocycles. The van der Waals surface area contributed by atoms with Crippen molar-refractivity contribution in [2.45, 2.75) is 40.0 Å². The molecule has 4 heteroatoms. The number of hydrogen-bond donors (Lipinski definition) is 2. The summed E-state index contributed by atoms with van der Waals surface area (Å²) in [6.07, 6.45) is 2.17. The van der Waals surface area contributed by atoms with Gasteiger partial charge in [-0.2, -0.15) is 0 Å². The Morgan fingerprint density at radius 1 is 1.15 bits per heavy atom. The molecule has 0 bridgehead atoms. The van der Waals surface area contributed by atoms with Gasteiger partial charge in [0.2, 0.25) is 11.8 Å². The molecule has 20 heavy (non-hydrogen) atoms. The van der Waals surface area contributed by atoms with E-state index in [0.717, 1.165) is 24.1 Å². The predicted molar refractivity (Wildman–Crippen MR) is 81.5 cm³/mol. The van der Waals surface area contributed by atoms with Crippen molar-refractivity contribution in [3.63, 3.8) is 0 Å². The van der Waals surface area contributed by atoms with Crippen LogP contribution in [-0.4, -0.2) is 18.4 Å². The average molecular weight is 276 g/mol. The zero-order chi connectivity index (χ0) is 15.0. The summed E-state index contributed by atoms with van der Waals surface area (Å²) in [5.41, 5.74) is 1.91. The van der Waals surface area contributed by atoms with Crippen molar-refractivity contribution < 1.29 is 9.59 Å². The molecule has 0 radical (unpaired) electrons. The number of para-hydroxylation sites is 1. The van der Waals surface area contributed by atoms with Gasteiger partial charge in [0.25, 0.3) is 0 Å². The summed E-state index contributed by atoms with van der Waals surface area (Å²) >= 11 is 0. The van der Waals surface area contributed by atoms with Gasteiger partial charge >= 0.3 is 0 Å². The zero-order valence-electron chi connectivity index (χ0n) is 12.5. The largest absolute Gasteiger partial charge is 0.347 e. The molecule has 2 N–H and O–H groups in total. The fourth-order valence-electron chi connectivity index (χ4n) is 1.83. The van der Waals surface area contributed by atoms with E-state index in [2.05, 4.69) is 24.5 Å². The highest BCUT2D eigenvalue weighted by Crippen LogP contribution is 2.14. The SMILES string of the molecule is CCc1ccccc1NC(=O)CNC(=O)CCC(C)C. The predicted octanol–water partition coefficient (Wildman–Crippen LogP) is 2.74. The van der Waals surface area contributed by atoms with Gasteiger partial charge in [0.15, 0.2) is 0 Å². The molecule has 0 spiro atoms. The molecule has 0 saturated carbocycles. The molecule has 0 unspecified atom stereocenters. The molecule has 4 nitrogen and oxygen atoms in total. The van der Waals surface area contributed by atoms with Gasteiger partial charge in [0, 0.05) is 12.1 Å². The lowest BCUT2D eigenvalue weighted by Gasteiger charge is -2.10. The number of carbonyl (C=O) groups excluding carboxylic acids is 2. The van der Waals surface area contributed by atoms with E-state index in [1.165, 1.54) is 0 Å². The Bertz CT molecular complexity index is 456. The van der Waals surface area contributed by atoms with Gasteiger partial charge in [-0.25, -0.2) is 0 Å². The summed E-state index contributed by atoms with van der Waals surface area (Å²) in [5.74, 6) is 0.229. The molecule has 0 fully saturated rings. The van der Waals surface area contributed by atoms with Crippen LogP contribution in [0.15, 0.2) is 24.3 Å². The smallest absolute Gasteiger partial charge is 0.243 e. The summed E-state index contributed by atoms with van der Waals surface area (Å²) in [7, 11) is 0. The van der Waals surface area contributed by atoms with Crippen LogP contribution in [0.4, 0.5) is 5.69 Å². The van der Waals surface area contributed by atoms with Crippen LogP contribution in [0, 0.1) is 5.92 Å². The van der Waals surface area contributed by atoms with Crippen molar-refractivity contribution in [2.24, 2.45) is 5.92 Å². The molecule has 1 rings (SSSR count). The van der Waals surface area contributed by atoms with Crippen molar-refractivity contribution >= 4 is 17.5 Å². The van der Waals surface area contributed by atoms with Crippen molar-refractivity contribution in [3.8, 4) is 0 Å². The first-order valence-electron chi connectivity index (χ1n) is 7.17. The minimum absolute atomic E-state index is 0.0228. The van der Waals surface area contributed by atoms with E-state index in [9.17, 15) is 9.59 Å². The third-order valence-electron chi connectivity index (χ3n) is 3.07. The average Bonchev–Trinajstić information content (AvgIpc) is 2.43. The topological polar surface area (TPSA) is 58.2 Å². The summed E-state index contributed by atoms with van der Waals surface area (Å²) in [6.45, 7) is 6.21. The molecule has 1 aromatic rings. The zero-order valence-corrected chi connectivity index (χ0v) is 12.5. The van der Waals surface area contributed by atoms with Crippen molar-refractivity contribution in [2.75, 3.05) is 11.9 Å². The van der Waals surface area contributed by atoms with Crippen LogP contribution in [0.3, 0.4) is 0 Å². The molecule has 0 aliphatic heterocycles. The number of anilines is 1. The third-order valence-corrected chi connectivity index (χ3v) is 3.07. The van der Waals surface area contributed by atoms with Gasteiger partial charge in [-0.15, -0.1) is 0 Å². The Kier molecular flexibility index (Phi) is 6.77. The summed E-state index contributed by atoms with van der Waals surface area (Å²) in [4.78, 5) is 23.3. The maximum atomic E-state index is 11.8. The van der Waals surface area contributed by atoms with Gasteiger partial charge in [-0.3, -0.25) is 9.59 Å². The quantitative estimate of drug-likeness (QED) is 0.804. The van der Waals surface area contributed by atoms with E-state index < -0.39 is 0 Å². The van der Waals surface area contributed by atoms with Gasteiger partial charge in [-0.05, 0) is 30.4 Å². The van der Waals surface area contributed by atoms with Gasteiger partial charge in [-0.1, -0.05) is 39.0 Å². The highest BCUT2D eigenvalue weighted by atomic mass is 16.2. The molecular weight excluding hydrogens is 252 g/mol. The van der Waals surface area contributed by atoms with E-state index in [0.29, 0.717) is 12.3 Å². The fraction of sp³-hybridized carbons (Fsp3) is 0.500. The molecule has 2 amide bonds. The third kappa shape index (κ3) is 5.87. The lowest BCUT2D eigenvalue weighted by molar-refractivity contribution is -0.124. The number of nitrogens with one attached hydrogen (secondary N) is 2. The van der Waals surface area contributed by atoms with E-state index in [4.69, 9.17) is 0 Å². The van der Waals surface area contributed by atoms with Crippen LogP contribution in [0.25, 0.3) is 0 Å². The second-order valence-corrected chi connectivity index (χ2v) is 5.27. The lowest BCUT2D eigenvalue weighted by Crippen LogP contribution is -2.33. The van der Waals surface area contributed by atoms with Crippen LogP contribution in [0.1, 0.15) is 39.2 Å². The van der Waals surface area contributed by atoms with E-state index in [-0.39, 0.29) is 18.4 Å². The number of rotatable bonds is 7. The molecule has 0 aliphatic carbocycles. The second kappa shape index (κ2) is 8.35. The minimum atomic E-state index is -0.191. The maximum absolute atomic E-state index is 11.8. The first kappa shape index (κ1) is 16.2. The van der Waals surface area contributed by atoms with Gasteiger partial charge in [0.05, 0.1) is 6.54 Å². The number of aryl methyl sites for hydroxylation is 1. The normalized spacial score (nSPS) is 10.4. The molecule has 0 atom stereocenters. The van der Waals surface area contributed by atoms with E-state index in [1.807, 2.05) is 31.2 Å². The Morgan fingerprint density at radius 2 is 1.85 bits per heavy atom. The molecule has 110 valence electrons. The fourth-order valence-corrected chi connectivity index (χ4v) is 1.83.